The number of carbonyl (C=O) groups is 2. The molecule has 0 atom stereocenters. The maximum Gasteiger partial charge on any atom is 0.338 e. The molecular formula is C17H21N3O3. The van der Waals surface area contributed by atoms with Crippen LogP contribution in [0.25, 0.3) is 0 Å². The molecule has 23 heavy (non-hydrogen) atoms. The lowest BCUT2D eigenvalue weighted by Gasteiger charge is -2.08. The second-order valence-corrected chi connectivity index (χ2v) is 5.67. The first-order chi connectivity index (χ1) is 10.8. The highest BCUT2D eigenvalue weighted by Crippen LogP contribution is 2.18. The van der Waals surface area contributed by atoms with E-state index in [4.69, 9.17) is 4.74 Å². The molecule has 1 N–H and O–H groups in total. The molecular weight excluding hydrogens is 294 g/mol. The summed E-state index contributed by atoms with van der Waals surface area (Å²) in [5.74, 6) is -0.895. The Labute approximate surface area is 135 Å². The summed E-state index contributed by atoms with van der Waals surface area (Å²) in [6.07, 6.45) is 0. The van der Waals surface area contributed by atoms with Crippen LogP contribution in [0, 0.1) is 27.7 Å². The van der Waals surface area contributed by atoms with Gasteiger partial charge in [-0.1, -0.05) is 17.2 Å². The molecule has 0 saturated heterocycles. The predicted molar refractivity (Wildman–Crippen MR) is 87.5 cm³/mol. The fourth-order valence-electron chi connectivity index (χ4n) is 2.44. The Kier molecular flexibility index (Phi) is 4.83. The van der Waals surface area contributed by atoms with Crippen molar-refractivity contribution in [3.8, 4) is 0 Å². The minimum Gasteiger partial charge on any atom is -0.452 e. The quantitative estimate of drug-likeness (QED) is 0.880. The number of hydrogen-bond acceptors (Lipinski definition) is 4. The minimum absolute atomic E-state index is 0.334. The zero-order valence-corrected chi connectivity index (χ0v) is 14.1. The number of hydrogen-bond donors (Lipinski definition) is 1. The van der Waals surface area contributed by atoms with Gasteiger partial charge >= 0.3 is 5.97 Å². The van der Waals surface area contributed by atoms with E-state index in [2.05, 4.69) is 10.4 Å². The fraction of sp³-hybridized carbons (Fsp3) is 0.353. The number of anilines is 1. The number of nitrogens with one attached hydrogen (secondary N) is 1. The molecule has 0 aliphatic carbocycles. The maximum absolute atomic E-state index is 12.0. The van der Waals surface area contributed by atoms with Crippen molar-refractivity contribution in [2.45, 2.75) is 27.7 Å². The average Bonchev–Trinajstić information content (AvgIpc) is 2.70. The molecule has 6 nitrogen and oxygen atoms in total. The van der Waals surface area contributed by atoms with Crippen LogP contribution in [0.3, 0.4) is 0 Å². The van der Waals surface area contributed by atoms with Crippen LogP contribution in [0.4, 0.5) is 5.69 Å². The summed E-state index contributed by atoms with van der Waals surface area (Å²) in [5.41, 5.74) is 4.62. The molecule has 0 aliphatic rings. The third-order valence-corrected chi connectivity index (χ3v) is 3.57. The third kappa shape index (κ3) is 3.97. The number of rotatable bonds is 4. The minimum atomic E-state index is -0.508. The van der Waals surface area contributed by atoms with E-state index in [1.807, 2.05) is 33.8 Å². The number of aryl methyl sites for hydroxylation is 4. The van der Waals surface area contributed by atoms with Crippen molar-refractivity contribution in [3.05, 3.63) is 46.3 Å². The lowest BCUT2D eigenvalue weighted by Crippen LogP contribution is -2.21. The zero-order valence-electron chi connectivity index (χ0n) is 14.1. The predicted octanol–water partition coefficient (Wildman–Crippen LogP) is 2.45. The van der Waals surface area contributed by atoms with E-state index in [0.29, 0.717) is 11.3 Å². The van der Waals surface area contributed by atoms with Gasteiger partial charge in [-0.15, -0.1) is 0 Å². The van der Waals surface area contributed by atoms with Crippen LogP contribution in [-0.4, -0.2) is 28.3 Å². The van der Waals surface area contributed by atoms with Gasteiger partial charge in [0.15, 0.2) is 6.61 Å². The van der Waals surface area contributed by atoms with E-state index in [1.165, 1.54) is 0 Å². The smallest absolute Gasteiger partial charge is 0.338 e. The Morgan fingerprint density at radius 3 is 2.26 bits per heavy atom. The molecule has 2 aromatic rings. The van der Waals surface area contributed by atoms with E-state index < -0.39 is 5.97 Å². The molecule has 6 heteroatoms. The number of amides is 1. The summed E-state index contributed by atoms with van der Waals surface area (Å²) in [7, 11) is 1.80. The number of esters is 1. The summed E-state index contributed by atoms with van der Waals surface area (Å²) in [6.45, 7) is 7.15. The van der Waals surface area contributed by atoms with Crippen molar-refractivity contribution in [1.29, 1.82) is 0 Å². The molecule has 0 saturated carbocycles. The molecule has 0 radical (unpaired) electrons. The Morgan fingerprint density at radius 1 is 1.13 bits per heavy atom. The van der Waals surface area contributed by atoms with Crippen LogP contribution in [0.15, 0.2) is 18.2 Å². The van der Waals surface area contributed by atoms with Crippen LogP contribution < -0.4 is 5.32 Å². The largest absolute Gasteiger partial charge is 0.452 e. The first-order valence-corrected chi connectivity index (χ1v) is 7.33. The standard InChI is InChI=1S/C17H21N3O3/c1-10-6-11(2)8-14(7-10)17(22)23-9-15(21)18-16-12(3)19-20(5)13(16)4/h6-8H,9H2,1-5H3,(H,18,21). The van der Waals surface area contributed by atoms with E-state index in [1.54, 1.807) is 23.9 Å². The van der Waals surface area contributed by atoms with Gasteiger partial charge in [0.25, 0.3) is 5.91 Å². The summed E-state index contributed by atoms with van der Waals surface area (Å²) in [5, 5.41) is 6.95. The molecule has 0 unspecified atom stereocenters. The highest BCUT2D eigenvalue weighted by Gasteiger charge is 2.15. The molecule has 1 heterocycles. The van der Waals surface area contributed by atoms with Gasteiger partial charge in [0.05, 0.1) is 22.6 Å². The topological polar surface area (TPSA) is 73.2 Å². The summed E-state index contributed by atoms with van der Waals surface area (Å²) in [4.78, 5) is 24.0. The number of carbonyl (C=O) groups excluding carboxylic acids is 2. The second-order valence-electron chi connectivity index (χ2n) is 5.67. The van der Waals surface area contributed by atoms with Gasteiger partial charge in [-0.3, -0.25) is 9.48 Å². The van der Waals surface area contributed by atoms with Gasteiger partial charge in [-0.05, 0) is 39.8 Å². The number of nitrogens with zero attached hydrogens (tertiary/aromatic N) is 2. The van der Waals surface area contributed by atoms with Crippen LogP contribution in [-0.2, 0) is 16.6 Å². The lowest BCUT2D eigenvalue weighted by molar-refractivity contribution is -0.119. The monoisotopic (exact) mass is 315 g/mol. The highest BCUT2D eigenvalue weighted by atomic mass is 16.5. The highest BCUT2D eigenvalue weighted by molar-refractivity contribution is 5.96. The third-order valence-electron chi connectivity index (χ3n) is 3.57. The zero-order chi connectivity index (χ0) is 17.1. The molecule has 1 aromatic carbocycles. The summed E-state index contributed by atoms with van der Waals surface area (Å²) >= 11 is 0. The van der Waals surface area contributed by atoms with Crippen LogP contribution in [0.5, 0.6) is 0 Å². The van der Waals surface area contributed by atoms with Gasteiger partial charge in [-0.25, -0.2) is 4.79 Å². The van der Waals surface area contributed by atoms with E-state index >= 15 is 0 Å². The van der Waals surface area contributed by atoms with Crippen molar-refractivity contribution in [1.82, 2.24) is 9.78 Å². The molecule has 122 valence electrons. The molecule has 1 aromatic heterocycles. The first kappa shape index (κ1) is 16.7. The van der Waals surface area contributed by atoms with Gasteiger partial charge in [0, 0.05) is 7.05 Å². The van der Waals surface area contributed by atoms with Gasteiger partial charge in [-0.2, -0.15) is 5.10 Å². The summed E-state index contributed by atoms with van der Waals surface area (Å²) < 4.78 is 6.77. The number of aromatic nitrogens is 2. The van der Waals surface area contributed by atoms with E-state index in [9.17, 15) is 9.59 Å². The molecule has 0 bridgehead atoms. The number of benzene rings is 1. The van der Waals surface area contributed by atoms with Gasteiger partial charge in [0.1, 0.15) is 0 Å². The second kappa shape index (κ2) is 6.64. The first-order valence-electron chi connectivity index (χ1n) is 7.33. The van der Waals surface area contributed by atoms with Crippen LogP contribution >= 0.6 is 0 Å². The Bertz CT molecular complexity index is 742. The number of ether oxygens (including phenoxy) is 1. The SMILES string of the molecule is Cc1cc(C)cc(C(=O)OCC(=O)Nc2c(C)nn(C)c2C)c1. The van der Waals surface area contributed by atoms with Crippen LogP contribution in [0.2, 0.25) is 0 Å². The Morgan fingerprint density at radius 2 is 1.74 bits per heavy atom. The normalized spacial score (nSPS) is 10.5. The van der Waals surface area contributed by atoms with E-state index in [0.717, 1.165) is 22.5 Å². The van der Waals surface area contributed by atoms with Gasteiger partial charge < -0.3 is 10.1 Å². The molecule has 1 amide bonds. The molecule has 2 rings (SSSR count). The summed E-state index contributed by atoms with van der Waals surface area (Å²) in [6, 6.07) is 5.45. The molecule has 0 spiro atoms. The fourth-order valence-corrected chi connectivity index (χ4v) is 2.44. The van der Waals surface area contributed by atoms with Crippen LogP contribution in [0.1, 0.15) is 32.9 Å². The van der Waals surface area contributed by atoms with Crippen molar-refractivity contribution < 1.29 is 14.3 Å². The lowest BCUT2D eigenvalue weighted by atomic mass is 10.1. The maximum atomic E-state index is 12.0. The molecule has 0 aliphatic heterocycles. The van der Waals surface area contributed by atoms with Crippen molar-refractivity contribution in [2.75, 3.05) is 11.9 Å². The average molecular weight is 315 g/mol. The van der Waals surface area contributed by atoms with Crippen molar-refractivity contribution in [2.24, 2.45) is 7.05 Å². The van der Waals surface area contributed by atoms with E-state index in [-0.39, 0.29) is 12.5 Å². The Balaban J connectivity index is 1.97. The Hall–Kier alpha value is -2.63. The van der Waals surface area contributed by atoms with Gasteiger partial charge in [0.2, 0.25) is 0 Å². The van der Waals surface area contributed by atoms with Crippen molar-refractivity contribution >= 4 is 17.6 Å². The molecule has 0 fully saturated rings. The van der Waals surface area contributed by atoms with Crippen molar-refractivity contribution in [3.63, 3.8) is 0 Å².